The van der Waals surface area contributed by atoms with Gasteiger partial charge in [0.15, 0.2) is 0 Å². The normalized spacial score (nSPS) is 39.0. The van der Waals surface area contributed by atoms with Crippen molar-refractivity contribution < 1.29 is 9.53 Å². The second-order valence-electron chi connectivity index (χ2n) is 7.51. The van der Waals surface area contributed by atoms with E-state index in [0.29, 0.717) is 18.4 Å². The molecule has 1 N–H and O–H groups in total. The molecule has 4 aliphatic carbocycles. The largest absolute Gasteiger partial charge is 0.376 e. The summed E-state index contributed by atoms with van der Waals surface area (Å²) in [6.07, 6.45) is 6.61. The topological polar surface area (TPSA) is 38.3 Å². The lowest BCUT2D eigenvalue weighted by Crippen LogP contribution is -2.63. The molecule has 0 saturated heterocycles. The quantitative estimate of drug-likeness (QED) is 0.927. The van der Waals surface area contributed by atoms with Gasteiger partial charge in [0.1, 0.15) is 0 Å². The lowest BCUT2D eigenvalue weighted by atomic mass is 9.49. The van der Waals surface area contributed by atoms with Crippen molar-refractivity contribution in [2.75, 3.05) is 13.7 Å². The van der Waals surface area contributed by atoms with Gasteiger partial charge in [0.05, 0.1) is 5.60 Å². The van der Waals surface area contributed by atoms with Gasteiger partial charge in [0.2, 0.25) is 0 Å². The summed E-state index contributed by atoms with van der Waals surface area (Å²) in [6, 6.07) is 9.48. The van der Waals surface area contributed by atoms with Crippen LogP contribution in [0.2, 0.25) is 0 Å². The van der Waals surface area contributed by atoms with Crippen molar-refractivity contribution in [2.24, 2.45) is 23.7 Å². The van der Waals surface area contributed by atoms with Gasteiger partial charge in [0, 0.05) is 19.2 Å². The Hall–Kier alpha value is -1.35. The molecular weight excluding hydrogens is 274 g/mol. The molecule has 1 aromatic rings. The maximum Gasteiger partial charge on any atom is 0.251 e. The van der Waals surface area contributed by atoms with E-state index in [9.17, 15) is 4.79 Å². The van der Waals surface area contributed by atoms with Gasteiger partial charge in [-0.3, -0.25) is 4.79 Å². The number of carbonyl (C=O) groups excluding carboxylic acids is 1. The number of rotatable bonds is 4. The molecule has 4 bridgehead atoms. The highest BCUT2D eigenvalue weighted by Crippen LogP contribution is 2.59. The fourth-order valence-electron chi connectivity index (χ4n) is 5.59. The summed E-state index contributed by atoms with van der Waals surface area (Å²) in [4.78, 5) is 12.4. The Morgan fingerprint density at radius 3 is 2.23 bits per heavy atom. The van der Waals surface area contributed by atoms with E-state index in [-0.39, 0.29) is 11.5 Å². The average Bonchev–Trinajstić information content (AvgIpc) is 2.55. The maximum absolute atomic E-state index is 12.4. The van der Waals surface area contributed by atoms with Gasteiger partial charge >= 0.3 is 0 Å². The summed E-state index contributed by atoms with van der Waals surface area (Å²) in [7, 11) is 1.84. The number of ether oxygens (including phenoxy) is 1. The van der Waals surface area contributed by atoms with Crippen LogP contribution < -0.4 is 5.32 Å². The van der Waals surface area contributed by atoms with Crippen LogP contribution >= 0.6 is 0 Å². The van der Waals surface area contributed by atoms with Gasteiger partial charge in [-0.05, 0) is 67.9 Å². The van der Waals surface area contributed by atoms with Crippen LogP contribution in [-0.4, -0.2) is 25.2 Å². The molecule has 0 spiro atoms. The first-order chi connectivity index (χ1) is 10.7. The Morgan fingerprint density at radius 1 is 1.09 bits per heavy atom. The first-order valence-electron chi connectivity index (χ1n) is 8.59. The van der Waals surface area contributed by atoms with Gasteiger partial charge < -0.3 is 10.1 Å². The van der Waals surface area contributed by atoms with Crippen molar-refractivity contribution in [1.29, 1.82) is 0 Å². The van der Waals surface area contributed by atoms with Crippen molar-refractivity contribution in [2.45, 2.75) is 37.7 Å². The van der Waals surface area contributed by atoms with E-state index < -0.39 is 0 Å². The van der Waals surface area contributed by atoms with Crippen molar-refractivity contribution in [3.63, 3.8) is 0 Å². The summed E-state index contributed by atoms with van der Waals surface area (Å²) >= 11 is 0. The van der Waals surface area contributed by atoms with Crippen molar-refractivity contribution in [3.05, 3.63) is 35.9 Å². The van der Waals surface area contributed by atoms with E-state index >= 15 is 0 Å². The van der Waals surface area contributed by atoms with E-state index in [4.69, 9.17) is 4.74 Å². The van der Waals surface area contributed by atoms with Crippen LogP contribution in [-0.2, 0) is 4.74 Å². The highest BCUT2D eigenvalue weighted by molar-refractivity contribution is 5.94. The minimum absolute atomic E-state index is 0.0193. The van der Waals surface area contributed by atoms with Crippen molar-refractivity contribution >= 4 is 5.91 Å². The van der Waals surface area contributed by atoms with Gasteiger partial charge in [0.25, 0.3) is 5.91 Å². The first kappa shape index (κ1) is 14.3. The molecule has 4 saturated carbocycles. The Bertz CT molecular complexity index is 526. The van der Waals surface area contributed by atoms with E-state index in [1.54, 1.807) is 0 Å². The molecule has 1 aromatic carbocycles. The second kappa shape index (κ2) is 5.38. The summed E-state index contributed by atoms with van der Waals surface area (Å²) < 4.78 is 6.09. The van der Waals surface area contributed by atoms with Crippen LogP contribution in [0.15, 0.2) is 30.3 Å². The average molecular weight is 299 g/mol. The Labute approximate surface area is 132 Å². The highest BCUT2D eigenvalue weighted by Gasteiger charge is 2.57. The predicted octanol–water partition coefficient (Wildman–Crippen LogP) is 3.26. The predicted molar refractivity (Wildman–Crippen MR) is 85.6 cm³/mol. The molecule has 5 rings (SSSR count). The summed E-state index contributed by atoms with van der Waals surface area (Å²) in [5.74, 6) is 3.10. The molecule has 4 aliphatic rings. The zero-order valence-electron chi connectivity index (χ0n) is 13.3. The van der Waals surface area contributed by atoms with Gasteiger partial charge in [-0.15, -0.1) is 0 Å². The number of nitrogens with one attached hydrogen (secondary N) is 1. The third kappa shape index (κ3) is 2.18. The first-order valence-corrected chi connectivity index (χ1v) is 8.59. The third-order valence-corrected chi connectivity index (χ3v) is 6.46. The number of hydrogen-bond donors (Lipinski definition) is 1. The van der Waals surface area contributed by atoms with Crippen molar-refractivity contribution in [1.82, 2.24) is 5.32 Å². The minimum Gasteiger partial charge on any atom is -0.376 e. The molecule has 0 atom stereocenters. The number of carbonyl (C=O) groups is 1. The SMILES string of the molecule is COC1(CNC(=O)c2ccccc2)C2CC3CC(C2)CC1C3. The molecule has 1 amide bonds. The Balaban J connectivity index is 1.49. The maximum atomic E-state index is 12.4. The molecule has 4 fully saturated rings. The van der Waals surface area contributed by atoms with Crippen LogP contribution in [0.1, 0.15) is 42.5 Å². The fourth-order valence-corrected chi connectivity index (χ4v) is 5.59. The Morgan fingerprint density at radius 2 is 1.68 bits per heavy atom. The standard InChI is InChI=1S/C19H25NO2/c1-22-19(12-20-18(21)15-5-3-2-4-6-15)16-8-13-7-14(10-16)11-17(19)9-13/h2-6,13-14,16-17H,7-12H2,1H3,(H,20,21). The molecule has 0 aromatic heterocycles. The number of methoxy groups -OCH3 is 1. The van der Waals surface area contributed by atoms with Crippen LogP contribution in [0.25, 0.3) is 0 Å². The molecule has 3 heteroatoms. The van der Waals surface area contributed by atoms with E-state index in [0.717, 1.165) is 17.4 Å². The van der Waals surface area contributed by atoms with Crippen LogP contribution in [0.5, 0.6) is 0 Å². The number of benzene rings is 1. The minimum atomic E-state index is -0.127. The van der Waals surface area contributed by atoms with Crippen LogP contribution in [0.4, 0.5) is 0 Å². The van der Waals surface area contributed by atoms with Crippen LogP contribution in [0.3, 0.4) is 0 Å². The van der Waals surface area contributed by atoms with Gasteiger partial charge in [-0.25, -0.2) is 0 Å². The van der Waals surface area contributed by atoms with E-state index in [1.807, 2.05) is 37.4 Å². The highest BCUT2D eigenvalue weighted by atomic mass is 16.5. The monoisotopic (exact) mass is 299 g/mol. The zero-order valence-corrected chi connectivity index (χ0v) is 13.3. The van der Waals surface area contributed by atoms with Crippen LogP contribution in [0, 0.1) is 23.7 Å². The smallest absolute Gasteiger partial charge is 0.251 e. The molecule has 118 valence electrons. The van der Waals surface area contributed by atoms with E-state index in [2.05, 4.69) is 5.32 Å². The number of hydrogen-bond acceptors (Lipinski definition) is 2. The van der Waals surface area contributed by atoms with Gasteiger partial charge in [-0.2, -0.15) is 0 Å². The van der Waals surface area contributed by atoms with E-state index in [1.165, 1.54) is 32.1 Å². The Kier molecular flexibility index (Phi) is 3.48. The lowest BCUT2D eigenvalue weighted by molar-refractivity contribution is -0.186. The zero-order chi connectivity index (χ0) is 15.2. The molecule has 22 heavy (non-hydrogen) atoms. The molecule has 0 unspecified atom stereocenters. The summed E-state index contributed by atoms with van der Waals surface area (Å²) in [5.41, 5.74) is 0.607. The molecule has 0 heterocycles. The molecule has 3 nitrogen and oxygen atoms in total. The third-order valence-electron chi connectivity index (χ3n) is 6.46. The number of amides is 1. The van der Waals surface area contributed by atoms with Gasteiger partial charge in [-0.1, -0.05) is 18.2 Å². The van der Waals surface area contributed by atoms with Crippen molar-refractivity contribution in [3.8, 4) is 0 Å². The second-order valence-corrected chi connectivity index (χ2v) is 7.51. The molecule has 0 radical (unpaired) electrons. The summed E-state index contributed by atoms with van der Waals surface area (Å²) in [6.45, 7) is 0.659. The molecule has 0 aliphatic heterocycles. The fraction of sp³-hybridized carbons (Fsp3) is 0.632. The molecular formula is C19H25NO2. The lowest BCUT2D eigenvalue weighted by Gasteiger charge is -2.60. The summed E-state index contributed by atoms with van der Waals surface area (Å²) in [5, 5.41) is 3.15.